The van der Waals surface area contributed by atoms with Gasteiger partial charge >= 0.3 is 0 Å². The lowest BCUT2D eigenvalue weighted by molar-refractivity contribution is -0.129. The average molecular weight is 270 g/mol. The van der Waals surface area contributed by atoms with Crippen LogP contribution in [-0.4, -0.2) is 29.1 Å². The normalized spacial score (nSPS) is 12.2. The third-order valence-corrected chi connectivity index (χ3v) is 3.79. The van der Waals surface area contributed by atoms with Crippen molar-refractivity contribution in [3.63, 3.8) is 0 Å². The van der Waals surface area contributed by atoms with Crippen molar-refractivity contribution in [1.29, 1.82) is 0 Å². The molecular weight excluding hydrogens is 251 g/mol. The number of carbonyl (C=O) groups excluding carboxylic acids is 1. The topological polar surface area (TPSA) is 46.3 Å². The molecule has 1 aromatic carbocycles. The molecule has 0 fully saturated rings. The van der Waals surface area contributed by atoms with Crippen molar-refractivity contribution >= 4 is 23.4 Å². The summed E-state index contributed by atoms with van der Waals surface area (Å²) in [6, 6.07) is 4.62. The van der Waals surface area contributed by atoms with Crippen LogP contribution in [0.3, 0.4) is 0 Å². The molecule has 0 saturated heterocycles. The van der Waals surface area contributed by atoms with Crippen LogP contribution in [0.15, 0.2) is 23.1 Å². The fourth-order valence-corrected chi connectivity index (χ4v) is 2.60. The standard InChI is InChI=1S/C13H19FN2OS/c1-4-16(5-2)13(17)9(3)18-10-6-7-12(15)11(14)8-10/h6-9H,4-5,15H2,1-3H3. The maximum atomic E-state index is 13.3. The number of amides is 1. The van der Waals surface area contributed by atoms with Crippen LogP contribution in [0.1, 0.15) is 20.8 Å². The van der Waals surface area contributed by atoms with Crippen molar-refractivity contribution in [2.75, 3.05) is 18.8 Å². The van der Waals surface area contributed by atoms with E-state index < -0.39 is 5.82 Å². The number of nitrogens with two attached hydrogens (primary N) is 1. The highest BCUT2D eigenvalue weighted by molar-refractivity contribution is 8.00. The van der Waals surface area contributed by atoms with E-state index in [1.165, 1.54) is 23.9 Å². The Kier molecular flexibility index (Phi) is 5.47. The van der Waals surface area contributed by atoms with E-state index in [4.69, 9.17) is 5.73 Å². The molecule has 0 radical (unpaired) electrons. The van der Waals surface area contributed by atoms with Crippen molar-refractivity contribution in [3.05, 3.63) is 24.0 Å². The summed E-state index contributed by atoms with van der Waals surface area (Å²) in [7, 11) is 0. The van der Waals surface area contributed by atoms with Crippen molar-refractivity contribution in [2.24, 2.45) is 0 Å². The summed E-state index contributed by atoms with van der Waals surface area (Å²) in [4.78, 5) is 14.5. The number of anilines is 1. The predicted molar refractivity (Wildman–Crippen MR) is 74.1 cm³/mol. The number of nitrogens with zero attached hydrogens (tertiary/aromatic N) is 1. The Morgan fingerprint density at radius 2 is 2.06 bits per heavy atom. The molecule has 5 heteroatoms. The first-order valence-corrected chi connectivity index (χ1v) is 6.88. The molecule has 0 spiro atoms. The van der Waals surface area contributed by atoms with E-state index in [0.29, 0.717) is 13.1 Å². The van der Waals surface area contributed by atoms with Gasteiger partial charge < -0.3 is 10.6 Å². The fourth-order valence-electron chi connectivity index (χ4n) is 1.63. The van der Waals surface area contributed by atoms with Crippen LogP contribution < -0.4 is 5.73 Å². The number of hydrogen-bond acceptors (Lipinski definition) is 3. The van der Waals surface area contributed by atoms with Crippen LogP contribution in [0.25, 0.3) is 0 Å². The Hall–Kier alpha value is -1.23. The molecular formula is C13H19FN2OS. The second-order valence-corrected chi connectivity index (χ2v) is 5.37. The van der Waals surface area contributed by atoms with Crippen LogP contribution in [0.4, 0.5) is 10.1 Å². The van der Waals surface area contributed by atoms with E-state index in [1.807, 2.05) is 20.8 Å². The summed E-state index contributed by atoms with van der Waals surface area (Å²) in [6.45, 7) is 7.11. The minimum atomic E-state index is -0.442. The van der Waals surface area contributed by atoms with E-state index >= 15 is 0 Å². The molecule has 0 heterocycles. The minimum absolute atomic E-state index is 0.0715. The molecule has 2 N–H and O–H groups in total. The van der Waals surface area contributed by atoms with E-state index in [2.05, 4.69) is 0 Å². The lowest BCUT2D eigenvalue weighted by Crippen LogP contribution is -2.36. The Morgan fingerprint density at radius 1 is 1.44 bits per heavy atom. The quantitative estimate of drug-likeness (QED) is 0.661. The van der Waals surface area contributed by atoms with Gasteiger partial charge in [0, 0.05) is 18.0 Å². The minimum Gasteiger partial charge on any atom is -0.396 e. The van der Waals surface area contributed by atoms with Crippen molar-refractivity contribution in [2.45, 2.75) is 30.9 Å². The highest BCUT2D eigenvalue weighted by Crippen LogP contribution is 2.26. The molecule has 1 atom stereocenters. The summed E-state index contributed by atoms with van der Waals surface area (Å²) >= 11 is 1.35. The van der Waals surface area contributed by atoms with Gasteiger partial charge in [0.2, 0.25) is 5.91 Å². The zero-order chi connectivity index (χ0) is 13.7. The highest BCUT2D eigenvalue weighted by Gasteiger charge is 2.19. The number of thioether (sulfide) groups is 1. The van der Waals surface area contributed by atoms with E-state index in [9.17, 15) is 9.18 Å². The monoisotopic (exact) mass is 270 g/mol. The lowest BCUT2D eigenvalue weighted by atomic mass is 10.3. The Balaban J connectivity index is 2.71. The lowest BCUT2D eigenvalue weighted by Gasteiger charge is -2.22. The van der Waals surface area contributed by atoms with Gasteiger partial charge in [0.25, 0.3) is 0 Å². The van der Waals surface area contributed by atoms with Crippen LogP contribution in [-0.2, 0) is 4.79 Å². The molecule has 0 aliphatic rings. The van der Waals surface area contributed by atoms with Crippen LogP contribution >= 0.6 is 11.8 Å². The third-order valence-electron chi connectivity index (χ3n) is 2.71. The van der Waals surface area contributed by atoms with Crippen molar-refractivity contribution in [3.8, 4) is 0 Å². The summed E-state index contributed by atoms with van der Waals surface area (Å²) in [6.07, 6.45) is 0. The maximum Gasteiger partial charge on any atom is 0.235 e. The Morgan fingerprint density at radius 3 is 2.56 bits per heavy atom. The van der Waals surface area contributed by atoms with Gasteiger partial charge in [-0.05, 0) is 39.0 Å². The number of rotatable bonds is 5. The summed E-state index contributed by atoms with van der Waals surface area (Å²) in [5.41, 5.74) is 5.54. The molecule has 1 unspecified atom stereocenters. The molecule has 100 valence electrons. The molecule has 0 aromatic heterocycles. The van der Waals surface area contributed by atoms with Gasteiger partial charge in [0.05, 0.1) is 10.9 Å². The molecule has 0 bridgehead atoms. The van der Waals surface area contributed by atoms with E-state index in [0.717, 1.165) is 4.90 Å². The third kappa shape index (κ3) is 3.63. The van der Waals surface area contributed by atoms with Crippen LogP contribution in [0.2, 0.25) is 0 Å². The van der Waals surface area contributed by atoms with E-state index in [-0.39, 0.29) is 16.8 Å². The molecule has 0 aliphatic carbocycles. The molecule has 18 heavy (non-hydrogen) atoms. The van der Waals surface area contributed by atoms with Crippen LogP contribution in [0.5, 0.6) is 0 Å². The van der Waals surface area contributed by atoms with Gasteiger partial charge in [-0.3, -0.25) is 4.79 Å². The Bertz CT molecular complexity index is 421. The smallest absolute Gasteiger partial charge is 0.235 e. The summed E-state index contributed by atoms with van der Waals surface area (Å²) in [5.74, 6) is -0.371. The first kappa shape index (κ1) is 14.8. The number of benzene rings is 1. The fraction of sp³-hybridized carbons (Fsp3) is 0.462. The van der Waals surface area contributed by atoms with Gasteiger partial charge in [0.1, 0.15) is 5.82 Å². The number of hydrogen-bond donors (Lipinski definition) is 1. The van der Waals surface area contributed by atoms with Crippen LogP contribution in [0, 0.1) is 5.82 Å². The maximum absolute atomic E-state index is 13.3. The van der Waals surface area contributed by atoms with Crippen molar-refractivity contribution < 1.29 is 9.18 Å². The first-order valence-electron chi connectivity index (χ1n) is 6.00. The molecule has 1 rings (SSSR count). The first-order chi connectivity index (χ1) is 8.49. The SMILES string of the molecule is CCN(CC)C(=O)C(C)Sc1ccc(N)c(F)c1. The number of nitrogen functional groups attached to an aromatic ring is 1. The summed E-state index contributed by atoms with van der Waals surface area (Å²) < 4.78 is 13.3. The second kappa shape index (κ2) is 6.64. The molecule has 3 nitrogen and oxygen atoms in total. The van der Waals surface area contributed by atoms with Gasteiger partial charge in [-0.15, -0.1) is 11.8 Å². The zero-order valence-corrected chi connectivity index (χ0v) is 11.8. The average Bonchev–Trinajstić information content (AvgIpc) is 2.35. The number of halogens is 1. The van der Waals surface area contributed by atoms with Gasteiger partial charge in [-0.1, -0.05) is 0 Å². The highest BCUT2D eigenvalue weighted by atomic mass is 32.2. The molecule has 0 saturated carbocycles. The zero-order valence-electron chi connectivity index (χ0n) is 10.9. The predicted octanol–water partition coefficient (Wildman–Crippen LogP) is 2.76. The van der Waals surface area contributed by atoms with E-state index in [1.54, 1.807) is 11.0 Å². The largest absolute Gasteiger partial charge is 0.396 e. The summed E-state index contributed by atoms with van der Waals surface area (Å²) in [5, 5.41) is -0.229. The second-order valence-electron chi connectivity index (χ2n) is 3.95. The van der Waals surface area contributed by atoms with Gasteiger partial charge in [0.15, 0.2) is 0 Å². The van der Waals surface area contributed by atoms with Crippen molar-refractivity contribution in [1.82, 2.24) is 4.90 Å². The Labute approximate surface area is 112 Å². The molecule has 0 aliphatic heterocycles. The number of carbonyl (C=O) groups is 1. The van der Waals surface area contributed by atoms with Gasteiger partial charge in [-0.25, -0.2) is 4.39 Å². The molecule has 1 aromatic rings. The van der Waals surface area contributed by atoms with Gasteiger partial charge in [-0.2, -0.15) is 0 Å². The molecule has 1 amide bonds.